The minimum absolute atomic E-state index is 0.0773. The molecule has 1 heterocycles. The first-order valence-corrected chi connectivity index (χ1v) is 10.6. The summed E-state index contributed by atoms with van der Waals surface area (Å²) in [7, 11) is 1.21. The number of ether oxygens (including phenoxy) is 2. The molecule has 0 unspecified atom stereocenters. The zero-order valence-electron chi connectivity index (χ0n) is 15.8. The van der Waals surface area contributed by atoms with Gasteiger partial charge in [0, 0.05) is 17.1 Å². The maximum Gasteiger partial charge on any atom is 0.344 e. The average molecular weight is 532 g/mol. The fourth-order valence-electron chi connectivity index (χ4n) is 2.95. The Morgan fingerprint density at radius 3 is 2.43 bits per heavy atom. The summed E-state index contributed by atoms with van der Waals surface area (Å²) in [6, 6.07) is 11.6. The second kappa shape index (κ2) is 9.43. The molecule has 0 atom stereocenters. The number of esters is 1. The number of halogens is 4. The average Bonchev–Trinajstić information content (AvgIpc) is 2.73. The van der Waals surface area contributed by atoms with E-state index in [0.717, 1.165) is 0 Å². The van der Waals surface area contributed by atoms with Gasteiger partial charge in [0.25, 0.3) is 0 Å². The van der Waals surface area contributed by atoms with Crippen molar-refractivity contribution < 1.29 is 14.3 Å². The van der Waals surface area contributed by atoms with E-state index in [-0.39, 0.29) is 20.9 Å². The molecule has 9 heteroatoms. The number of aromatic nitrogens is 1. The Morgan fingerprint density at radius 1 is 1.10 bits per heavy atom. The molecule has 30 heavy (non-hydrogen) atoms. The topological polar surface area (TPSA) is 57.5 Å². The summed E-state index contributed by atoms with van der Waals surface area (Å²) in [5.74, 6) is -0.146. The van der Waals surface area contributed by atoms with Gasteiger partial charge in [-0.3, -0.25) is 4.79 Å². The lowest BCUT2D eigenvalue weighted by atomic mass is 10.0. The van der Waals surface area contributed by atoms with E-state index in [9.17, 15) is 9.59 Å². The van der Waals surface area contributed by atoms with Crippen molar-refractivity contribution in [2.24, 2.45) is 0 Å². The molecule has 1 aromatic heterocycles. The molecular weight excluding hydrogens is 516 g/mol. The molecule has 0 saturated heterocycles. The van der Waals surface area contributed by atoms with E-state index < -0.39 is 11.4 Å². The number of hydrogen-bond donors (Lipinski definition) is 0. The molecule has 0 amide bonds. The molecule has 0 bridgehead atoms. The maximum absolute atomic E-state index is 13.1. The first-order chi connectivity index (χ1) is 14.3. The van der Waals surface area contributed by atoms with Crippen LogP contribution in [0.1, 0.15) is 17.3 Å². The number of carbonyl (C=O) groups excluding carboxylic acids is 1. The molecule has 0 fully saturated rings. The third-order valence-electron chi connectivity index (χ3n) is 4.28. The van der Waals surface area contributed by atoms with Crippen LogP contribution in [0.25, 0.3) is 11.3 Å². The zero-order chi connectivity index (χ0) is 22.0. The first-order valence-electron chi connectivity index (χ1n) is 8.71. The molecule has 156 valence electrons. The predicted molar refractivity (Wildman–Crippen MR) is 122 cm³/mol. The summed E-state index contributed by atoms with van der Waals surface area (Å²) in [5, 5.41) is 1.10. The summed E-state index contributed by atoms with van der Waals surface area (Å²) < 4.78 is 12.6. The Morgan fingerprint density at radius 2 is 1.83 bits per heavy atom. The van der Waals surface area contributed by atoms with Crippen LogP contribution in [0, 0.1) is 0 Å². The van der Waals surface area contributed by atoms with Crippen LogP contribution in [-0.4, -0.2) is 17.6 Å². The van der Waals surface area contributed by atoms with E-state index in [4.69, 9.17) is 44.3 Å². The second-order valence-electron chi connectivity index (χ2n) is 6.10. The van der Waals surface area contributed by atoms with Gasteiger partial charge in [0.2, 0.25) is 11.3 Å². The van der Waals surface area contributed by atoms with Crippen molar-refractivity contribution >= 4 is 56.7 Å². The van der Waals surface area contributed by atoms with Crippen LogP contribution in [-0.2, 0) is 11.3 Å². The largest absolute Gasteiger partial charge is 0.465 e. The van der Waals surface area contributed by atoms with Gasteiger partial charge in [0.1, 0.15) is 15.8 Å². The highest BCUT2D eigenvalue weighted by Gasteiger charge is 2.27. The van der Waals surface area contributed by atoms with Crippen LogP contribution in [0.2, 0.25) is 15.1 Å². The van der Waals surface area contributed by atoms with Crippen molar-refractivity contribution in [2.75, 3.05) is 7.11 Å². The molecular formula is C21H15BrCl3NO4. The van der Waals surface area contributed by atoms with Gasteiger partial charge in [-0.1, -0.05) is 46.9 Å². The minimum atomic E-state index is -0.779. The van der Waals surface area contributed by atoms with Crippen LogP contribution >= 0.6 is 50.7 Å². The standard InChI is InChI=1S/C21H15BrCl3NO4/c1-3-26-18(11-7-8-14(24)15(25)9-11)16(21(28)29-2)19(27)17(22)20(26)30-13-6-4-5-12(23)10-13/h4-10H,3H2,1-2H3. The van der Waals surface area contributed by atoms with E-state index in [2.05, 4.69) is 15.9 Å². The van der Waals surface area contributed by atoms with E-state index in [1.807, 2.05) is 6.92 Å². The number of nitrogens with zero attached hydrogens (tertiary/aromatic N) is 1. The second-order valence-corrected chi connectivity index (χ2v) is 8.14. The van der Waals surface area contributed by atoms with Gasteiger partial charge in [0.15, 0.2) is 0 Å². The SMILES string of the molecule is CCn1c(Oc2cccc(Cl)c2)c(Br)c(=O)c(C(=O)OC)c1-c1ccc(Cl)c(Cl)c1. The molecule has 0 spiro atoms. The third kappa shape index (κ3) is 4.37. The Bertz CT molecular complexity index is 1190. The van der Waals surface area contributed by atoms with Gasteiger partial charge in [-0.15, -0.1) is 0 Å². The molecule has 0 aliphatic rings. The molecule has 2 aromatic carbocycles. The molecule has 0 saturated carbocycles. The lowest BCUT2D eigenvalue weighted by molar-refractivity contribution is 0.0599. The lowest BCUT2D eigenvalue weighted by Gasteiger charge is -2.21. The summed E-state index contributed by atoms with van der Waals surface area (Å²) in [5.41, 5.74) is 0.0769. The van der Waals surface area contributed by atoms with Crippen LogP contribution < -0.4 is 10.2 Å². The van der Waals surface area contributed by atoms with Crippen LogP contribution in [0.15, 0.2) is 51.7 Å². The zero-order valence-corrected chi connectivity index (χ0v) is 19.7. The number of carbonyl (C=O) groups is 1. The Kier molecular flexibility index (Phi) is 7.14. The van der Waals surface area contributed by atoms with Gasteiger partial charge in [0.05, 0.1) is 22.8 Å². The number of rotatable bonds is 5. The Hall–Kier alpha value is -1.99. The molecule has 0 N–H and O–H groups in total. The van der Waals surface area contributed by atoms with Crippen LogP contribution in [0.4, 0.5) is 0 Å². The van der Waals surface area contributed by atoms with Gasteiger partial charge in [-0.2, -0.15) is 0 Å². The number of benzene rings is 2. The highest BCUT2D eigenvalue weighted by molar-refractivity contribution is 9.10. The number of methoxy groups -OCH3 is 1. The maximum atomic E-state index is 13.1. The quantitative estimate of drug-likeness (QED) is 0.339. The summed E-state index contributed by atoms with van der Waals surface area (Å²) in [6.45, 7) is 2.22. The summed E-state index contributed by atoms with van der Waals surface area (Å²) in [6.07, 6.45) is 0. The predicted octanol–water partition coefficient (Wildman–Crippen LogP) is 6.84. The van der Waals surface area contributed by atoms with Crippen molar-refractivity contribution in [1.29, 1.82) is 0 Å². The molecule has 0 aliphatic carbocycles. The third-order valence-corrected chi connectivity index (χ3v) is 5.95. The summed E-state index contributed by atoms with van der Waals surface area (Å²) in [4.78, 5) is 25.7. The van der Waals surface area contributed by atoms with Crippen molar-refractivity contribution in [3.05, 3.63) is 77.8 Å². The van der Waals surface area contributed by atoms with Crippen LogP contribution in [0.5, 0.6) is 11.6 Å². The molecule has 3 rings (SSSR count). The van der Waals surface area contributed by atoms with E-state index in [0.29, 0.717) is 33.6 Å². The smallest absolute Gasteiger partial charge is 0.344 e. The minimum Gasteiger partial charge on any atom is -0.465 e. The normalized spacial score (nSPS) is 10.7. The van der Waals surface area contributed by atoms with Crippen LogP contribution in [0.3, 0.4) is 0 Å². The monoisotopic (exact) mass is 529 g/mol. The van der Waals surface area contributed by atoms with Gasteiger partial charge in [-0.05, 0) is 53.2 Å². The molecule has 0 radical (unpaired) electrons. The van der Waals surface area contributed by atoms with E-state index in [1.165, 1.54) is 7.11 Å². The van der Waals surface area contributed by atoms with Gasteiger partial charge in [-0.25, -0.2) is 4.79 Å². The first kappa shape index (κ1) is 22.7. The Balaban J connectivity index is 2.37. The molecule has 0 aliphatic heterocycles. The Labute approximate surface area is 196 Å². The highest BCUT2D eigenvalue weighted by Crippen LogP contribution is 2.37. The fourth-order valence-corrected chi connectivity index (χ4v) is 3.92. The summed E-state index contributed by atoms with van der Waals surface area (Å²) >= 11 is 21.6. The van der Waals surface area contributed by atoms with Crippen molar-refractivity contribution in [1.82, 2.24) is 4.57 Å². The number of pyridine rings is 1. The van der Waals surface area contributed by atoms with E-state index >= 15 is 0 Å². The van der Waals surface area contributed by atoms with E-state index in [1.54, 1.807) is 47.0 Å². The molecule has 3 aromatic rings. The van der Waals surface area contributed by atoms with Gasteiger partial charge < -0.3 is 14.0 Å². The highest BCUT2D eigenvalue weighted by atomic mass is 79.9. The fraction of sp³-hybridized carbons (Fsp3) is 0.143. The van der Waals surface area contributed by atoms with Gasteiger partial charge >= 0.3 is 5.97 Å². The van der Waals surface area contributed by atoms with Crippen molar-refractivity contribution in [3.63, 3.8) is 0 Å². The molecule has 5 nitrogen and oxygen atoms in total. The lowest BCUT2D eigenvalue weighted by Crippen LogP contribution is -2.24. The van der Waals surface area contributed by atoms with Crippen molar-refractivity contribution in [3.8, 4) is 22.9 Å². The van der Waals surface area contributed by atoms with Crippen molar-refractivity contribution in [2.45, 2.75) is 13.5 Å². The number of hydrogen-bond acceptors (Lipinski definition) is 4.